The molecule has 0 aromatic heterocycles. The molecule has 1 atom stereocenters. The number of rotatable bonds is 10. The van der Waals surface area contributed by atoms with Crippen LogP contribution in [-0.2, 0) is 26.2 Å². The molecule has 7 nitrogen and oxygen atoms in total. The number of hydrogen-bond acceptors (Lipinski definition) is 4. The third-order valence-corrected chi connectivity index (χ3v) is 8.17. The molecule has 3 rings (SSSR count). The van der Waals surface area contributed by atoms with Crippen molar-refractivity contribution in [3.8, 4) is 0 Å². The van der Waals surface area contributed by atoms with E-state index < -0.39 is 34.1 Å². The second-order valence-electron chi connectivity index (χ2n) is 10.8. The number of sulfonamides is 1. The van der Waals surface area contributed by atoms with Gasteiger partial charge in [0.05, 0.1) is 10.6 Å². The Morgan fingerprint density at radius 2 is 1.54 bits per heavy atom. The largest absolute Gasteiger partial charge is 0.350 e. The summed E-state index contributed by atoms with van der Waals surface area (Å²) >= 11 is 0. The molecular formula is C31H39N3O4S. The Hall–Kier alpha value is -3.65. The maximum Gasteiger partial charge on any atom is 0.264 e. The molecule has 39 heavy (non-hydrogen) atoms. The number of benzene rings is 3. The monoisotopic (exact) mass is 549 g/mol. The van der Waals surface area contributed by atoms with Crippen molar-refractivity contribution in [3.63, 3.8) is 0 Å². The van der Waals surface area contributed by atoms with Crippen LogP contribution < -0.4 is 9.62 Å². The first-order valence-corrected chi connectivity index (χ1v) is 14.6. The summed E-state index contributed by atoms with van der Waals surface area (Å²) in [5, 5.41) is 2.99. The number of aryl methyl sites for hydroxylation is 2. The van der Waals surface area contributed by atoms with Gasteiger partial charge in [0, 0.05) is 12.1 Å². The molecule has 1 N–H and O–H groups in total. The van der Waals surface area contributed by atoms with Gasteiger partial charge in [-0.15, -0.1) is 0 Å². The minimum Gasteiger partial charge on any atom is -0.350 e. The molecule has 0 aliphatic rings. The van der Waals surface area contributed by atoms with Crippen molar-refractivity contribution in [1.29, 1.82) is 0 Å². The Labute approximate surface area is 232 Å². The van der Waals surface area contributed by atoms with Crippen molar-refractivity contribution in [1.82, 2.24) is 10.2 Å². The van der Waals surface area contributed by atoms with E-state index in [1.54, 1.807) is 36.4 Å². The first-order valence-electron chi connectivity index (χ1n) is 13.1. The average molecular weight is 550 g/mol. The van der Waals surface area contributed by atoms with Gasteiger partial charge in [-0.25, -0.2) is 8.42 Å². The maximum absolute atomic E-state index is 14.1. The minimum absolute atomic E-state index is 0.0854. The lowest BCUT2D eigenvalue weighted by Crippen LogP contribution is -2.55. The highest BCUT2D eigenvalue weighted by Gasteiger charge is 2.34. The van der Waals surface area contributed by atoms with E-state index in [2.05, 4.69) is 5.32 Å². The number of carbonyl (C=O) groups excluding carboxylic acids is 2. The molecule has 8 heteroatoms. The third-order valence-electron chi connectivity index (χ3n) is 6.39. The third kappa shape index (κ3) is 7.69. The van der Waals surface area contributed by atoms with E-state index in [0.717, 1.165) is 21.0 Å². The van der Waals surface area contributed by atoms with Gasteiger partial charge in [0.2, 0.25) is 11.8 Å². The van der Waals surface area contributed by atoms with Crippen LogP contribution in [0.1, 0.15) is 50.8 Å². The summed E-state index contributed by atoms with van der Waals surface area (Å²) in [7, 11) is -4.08. The Bertz CT molecular complexity index is 1400. The lowest BCUT2D eigenvalue weighted by Gasteiger charge is -2.35. The molecule has 0 saturated carbocycles. The summed E-state index contributed by atoms with van der Waals surface area (Å²) in [6.45, 7) is 11.1. The van der Waals surface area contributed by atoms with E-state index in [4.69, 9.17) is 0 Å². The second-order valence-corrected chi connectivity index (χ2v) is 12.6. The highest BCUT2D eigenvalue weighted by molar-refractivity contribution is 7.92. The van der Waals surface area contributed by atoms with Crippen LogP contribution in [0.15, 0.2) is 83.8 Å². The minimum atomic E-state index is -4.08. The Morgan fingerprint density at radius 1 is 0.897 bits per heavy atom. The molecule has 3 aromatic carbocycles. The SMILES string of the molecule is CCC(C(=O)NC(C)(C)C)N(Cc1ccccc1C)C(=O)CN(c1cccc(C)c1)S(=O)(=O)c1ccccc1. The van der Waals surface area contributed by atoms with E-state index in [9.17, 15) is 18.0 Å². The van der Waals surface area contributed by atoms with Gasteiger partial charge in [0.25, 0.3) is 10.0 Å². The van der Waals surface area contributed by atoms with Crippen LogP contribution in [-0.4, -0.2) is 43.3 Å². The first-order chi connectivity index (χ1) is 18.3. The quantitative estimate of drug-likeness (QED) is 0.376. The molecule has 0 aliphatic carbocycles. The van der Waals surface area contributed by atoms with E-state index in [1.165, 1.54) is 17.0 Å². The van der Waals surface area contributed by atoms with E-state index in [0.29, 0.717) is 12.1 Å². The van der Waals surface area contributed by atoms with Gasteiger partial charge in [0.1, 0.15) is 12.6 Å². The lowest BCUT2D eigenvalue weighted by molar-refractivity contribution is -0.141. The van der Waals surface area contributed by atoms with Gasteiger partial charge in [-0.2, -0.15) is 0 Å². The fourth-order valence-corrected chi connectivity index (χ4v) is 5.80. The number of hydrogen-bond donors (Lipinski definition) is 1. The molecule has 1 unspecified atom stereocenters. The molecule has 0 aliphatic heterocycles. The summed E-state index contributed by atoms with van der Waals surface area (Å²) in [5.74, 6) is -0.741. The van der Waals surface area contributed by atoms with Crippen molar-refractivity contribution < 1.29 is 18.0 Å². The molecule has 0 heterocycles. The van der Waals surface area contributed by atoms with E-state index in [-0.39, 0.29) is 17.3 Å². The summed E-state index contributed by atoms with van der Waals surface area (Å²) in [6.07, 6.45) is 0.370. The van der Waals surface area contributed by atoms with Gasteiger partial charge in [0.15, 0.2) is 0 Å². The van der Waals surface area contributed by atoms with Gasteiger partial charge in [-0.05, 0) is 82.0 Å². The summed E-state index contributed by atoms with van der Waals surface area (Å²) in [6, 6.07) is 22.0. The zero-order valence-corrected chi connectivity index (χ0v) is 24.5. The standard InChI is InChI=1S/C31H39N3O4S/c1-7-28(30(36)32-31(4,5)6)33(21-25-16-12-11-15-24(25)3)29(35)22-34(26-17-13-14-23(2)20-26)39(37,38)27-18-9-8-10-19-27/h8-20,28H,7,21-22H2,1-6H3,(H,32,36). The summed E-state index contributed by atoms with van der Waals surface area (Å²) in [5.41, 5.74) is 2.62. The number of carbonyl (C=O) groups is 2. The topological polar surface area (TPSA) is 86.8 Å². The van der Waals surface area contributed by atoms with Crippen LogP contribution in [0.2, 0.25) is 0 Å². The fraction of sp³-hybridized carbons (Fsp3) is 0.355. The molecule has 0 saturated heterocycles. The summed E-state index contributed by atoms with van der Waals surface area (Å²) < 4.78 is 28.8. The van der Waals surface area contributed by atoms with Crippen molar-refractivity contribution in [3.05, 3.63) is 95.6 Å². The zero-order chi connectivity index (χ0) is 28.8. The Morgan fingerprint density at radius 3 is 2.13 bits per heavy atom. The molecule has 0 bridgehead atoms. The molecule has 3 aromatic rings. The fourth-order valence-electron chi connectivity index (χ4n) is 4.37. The Kier molecular flexibility index (Phi) is 9.56. The van der Waals surface area contributed by atoms with Crippen LogP contribution in [0.25, 0.3) is 0 Å². The van der Waals surface area contributed by atoms with Crippen LogP contribution in [0.5, 0.6) is 0 Å². The highest BCUT2D eigenvalue weighted by atomic mass is 32.2. The van der Waals surface area contributed by atoms with Crippen molar-refractivity contribution in [2.45, 2.75) is 71.0 Å². The highest BCUT2D eigenvalue weighted by Crippen LogP contribution is 2.26. The van der Waals surface area contributed by atoms with Crippen molar-refractivity contribution >= 4 is 27.5 Å². The van der Waals surface area contributed by atoms with Crippen molar-refractivity contribution in [2.75, 3.05) is 10.8 Å². The maximum atomic E-state index is 14.1. The normalized spacial score (nSPS) is 12.5. The van der Waals surface area contributed by atoms with Crippen LogP contribution in [0, 0.1) is 13.8 Å². The predicted molar refractivity (Wildman–Crippen MR) is 156 cm³/mol. The van der Waals surface area contributed by atoms with Crippen molar-refractivity contribution in [2.24, 2.45) is 0 Å². The molecule has 0 radical (unpaired) electrons. The van der Waals surface area contributed by atoms with Gasteiger partial charge >= 0.3 is 0 Å². The second kappa shape index (κ2) is 12.5. The zero-order valence-electron chi connectivity index (χ0n) is 23.6. The van der Waals surface area contributed by atoms with Gasteiger partial charge in [-0.1, -0.05) is 61.5 Å². The van der Waals surface area contributed by atoms with E-state index >= 15 is 0 Å². The number of anilines is 1. The average Bonchev–Trinajstić information content (AvgIpc) is 2.87. The predicted octanol–water partition coefficient (Wildman–Crippen LogP) is 5.22. The molecule has 208 valence electrons. The van der Waals surface area contributed by atoms with Crippen LogP contribution in [0.4, 0.5) is 5.69 Å². The Balaban J connectivity index is 2.08. The smallest absolute Gasteiger partial charge is 0.264 e. The summed E-state index contributed by atoms with van der Waals surface area (Å²) in [4.78, 5) is 29.1. The first kappa shape index (κ1) is 29.9. The van der Waals surface area contributed by atoms with E-state index in [1.807, 2.05) is 71.9 Å². The molecule has 0 fully saturated rings. The number of nitrogens with zero attached hydrogens (tertiary/aromatic N) is 2. The molecule has 2 amide bonds. The van der Waals surface area contributed by atoms with Crippen LogP contribution >= 0.6 is 0 Å². The number of nitrogens with one attached hydrogen (secondary N) is 1. The number of amides is 2. The van der Waals surface area contributed by atoms with Gasteiger partial charge < -0.3 is 10.2 Å². The molecular weight excluding hydrogens is 510 g/mol. The lowest BCUT2D eigenvalue weighted by atomic mass is 10.0. The molecule has 0 spiro atoms. The van der Waals surface area contributed by atoms with Gasteiger partial charge in [-0.3, -0.25) is 13.9 Å². The van der Waals surface area contributed by atoms with Crippen LogP contribution in [0.3, 0.4) is 0 Å².